The molecule has 0 fully saturated rings. The minimum Gasteiger partial charge on any atom is -0.383 e. The van der Waals surface area contributed by atoms with Crippen molar-refractivity contribution < 1.29 is 4.79 Å². The van der Waals surface area contributed by atoms with Gasteiger partial charge in [0.1, 0.15) is 5.82 Å². The van der Waals surface area contributed by atoms with Crippen LogP contribution in [0.4, 0.5) is 5.82 Å². The zero-order valence-corrected chi connectivity index (χ0v) is 13.2. The average Bonchev–Trinajstić information content (AvgIpc) is 2.40. The standard InChI is InChI=1S/C14H19N5O3/c1-14(2,3)8-6(10(16)20)9(15)17-11-7(8)12(21)19(5)13(22)18(11)4/h1-5H3,(H2,15,17)(H2,16,20). The lowest BCUT2D eigenvalue weighted by molar-refractivity contribution is 0.0999. The predicted octanol–water partition coefficient (Wildman–Crippen LogP) is -0.389. The molecule has 2 rings (SSSR count). The lowest BCUT2D eigenvalue weighted by Gasteiger charge is -2.24. The van der Waals surface area contributed by atoms with Crippen LogP contribution in [0.25, 0.3) is 11.0 Å². The molecule has 118 valence electrons. The Morgan fingerprint density at radius 3 is 2.14 bits per heavy atom. The molecule has 0 atom stereocenters. The van der Waals surface area contributed by atoms with Crippen LogP contribution in [-0.2, 0) is 19.5 Å². The highest BCUT2D eigenvalue weighted by molar-refractivity contribution is 6.03. The van der Waals surface area contributed by atoms with Crippen molar-refractivity contribution in [3.05, 3.63) is 32.0 Å². The van der Waals surface area contributed by atoms with Gasteiger partial charge in [-0.2, -0.15) is 0 Å². The molecule has 0 radical (unpaired) electrons. The van der Waals surface area contributed by atoms with Crippen molar-refractivity contribution in [1.82, 2.24) is 14.1 Å². The summed E-state index contributed by atoms with van der Waals surface area (Å²) in [5.74, 6) is -0.846. The zero-order valence-electron chi connectivity index (χ0n) is 13.2. The fourth-order valence-electron chi connectivity index (χ4n) is 2.61. The smallest absolute Gasteiger partial charge is 0.332 e. The van der Waals surface area contributed by atoms with Crippen LogP contribution in [-0.4, -0.2) is 20.0 Å². The van der Waals surface area contributed by atoms with Crippen LogP contribution in [0.1, 0.15) is 36.7 Å². The van der Waals surface area contributed by atoms with Crippen LogP contribution in [0, 0.1) is 0 Å². The Morgan fingerprint density at radius 2 is 1.68 bits per heavy atom. The summed E-state index contributed by atoms with van der Waals surface area (Å²) in [6.45, 7) is 5.49. The number of hydrogen-bond donors (Lipinski definition) is 2. The van der Waals surface area contributed by atoms with Crippen LogP contribution in [0.3, 0.4) is 0 Å². The fourth-order valence-corrected chi connectivity index (χ4v) is 2.61. The molecule has 2 aromatic heterocycles. The van der Waals surface area contributed by atoms with Gasteiger partial charge in [0, 0.05) is 14.1 Å². The van der Waals surface area contributed by atoms with E-state index in [2.05, 4.69) is 4.98 Å². The van der Waals surface area contributed by atoms with E-state index in [1.165, 1.54) is 18.7 Å². The molecule has 2 heterocycles. The number of carbonyl (C=O) groups is 1. The molecular weight excluding hydrogens is 286 g/mol. The number of rotatable bonds is 1. The number of amides is 1. The van der Waals surface area contributed by atoms with Gasteiger partial charge in [-0.15, -0.1) is 0 Å². The normalized spacial score (nSPS) is 11.9. The van der Waals surface area contributed by atoms with Crippen molar-refractivity contribution in [2.75, 3.05) is 5.73 Å². The van der Waals surface area contributed by atoms with Crippen molar-refractivity contribution in [3.63, 3.8) is 0 Å². The van der Waals surface area contributed by atoms with Crippen molar-refractivity contribution >= 4 is 22.8 Å². The van der Waals surface area contributed by atoms with Crippen LogP contribution in [0.2, 0.25) is 0 Å². The number of nitrogen functional groups attached to an aromatic ring is 1. The Balaban J connectivity index is 3.31. The maximum Gasteiger partial charge on any atom is 0.332 e. The molecule has 0 aliphatic rings. The lowest BCUT2D eigenvalue weighted by atomic mass is 9.82. The molecular formula is C14H19N5O3. The lowest BCUT2D eigenvalue weighted by Crippen LogP contribution is -2.39. The summed E-state index contributed by atoms with van der Waals surface area (Å²) in [6, 6.07) is 0. The van der Waals surface area contributed by atoms with Gasteiger partial charge in [0.05, 0.1) is 10.9 Å². The SMILES string of the molecule is Cn1c(=O)c2c(C(C)(C)C)c(C(N)=O)c(N)nc2n(C)c1=O. The van der Waals surface area contributed by atoms with E-state index >= 15 is 0 Å². The predicted molar refractivity (Wildman–Crippen MR) is 83.9 cm³/mol. The number of fused-ring (bicyclic) bond motifs is 1. The van der Waals surface area contributed by atoms with Gasteiger partial charge in [0.25, 0.3) is 11.5 Å². The number of pyridine rings is 1. The van der Waals surface area contributed by atoms with Gasteiger partial charge < -0.3 is 11.5 Å². The first-order chi connectivity index (χ1) is 9.98. The number of aryl methyl sites for hydroxylation is 1. The summed E-state index contributed by atoms with van der Waals surface area (Å²) in [5, 5.41) is 0.181. The first kappa shape index (κ1) is 15.7. The van der Waals surface area contributed by atoms with Gasteiger partial charge in [-0.1, -0.05) is 20.8 Å². The molecule has 22 heavy (non-hydrogen) atoms. The Labute approximate surface area is 126 Å². The highest BCUT2D eigenvalue weighted by Crippen LogP contribution is 2.32. The number of anilines is 1. The second-order valence-corrected chi connectivity index (χ2v) is 6.27. The summed E-state index contributed by atoms with van der Waals surface area (Å²) in [5.41, 5.74) is 10.2. The third-order valence-electron chi connectivity index (χ3n) is 3.61. The molecule has 2 aromatic rings. The summed E-state index contributed by atoms with van der Waals surface area (Å²) < 4.78 is 2.20. The minimum atomic E-state index is -0.757. The van der Waals surface area contributed by atoms with Crippen LogP contribution < -0.4 is 22.7 Å². The molecule has 8 nitrogen and oxygen atoms in total. The molecule has 0 saturated heterocycles. The maximum absolute atomic E-state index is 12.6. The van der Waals surface area contributed by atoms with E-state index in [1.807, 2.05) is 20.8 Å². The van der Waals surface area contributed by atoms with E-state index in [0.29, 0.717) is 5.56 Å². The molecule has 0 aliphatic carbocycles. The number of nitrogens with two attached hydrogens (primary N) is 2. The van der Waals surface area contributed by atoms with E-state index < -0.39 is 22.6 Å². The fraction of sp³-hybridized carbons (Fsp3) is 0.429. The van der Waals surface area contributed by atoms with Gasteiger partial charge in [-0.05, 0) is 11.0 Å². The largest absolute Gasteiger partial charge is 0.383 e. The molecule has 0 unspecified atom stereocenters. The number of nitrogens with zero attached hydrogens (tertiary/aromatic N) is 3. The Bertz CT molecular complexity index is 915. The average molecular weight is 305 g/mol. The summed E-state index contributed by atoms with van der Waals surface area (Å²) >= 11 is 0. The number of carbonyl (C=O) groups excluding carboxylic acids is 1. The summed E-state index contributed by atoms with van der Waals surface area (Å²) in [7, 11) is 2.86. The van der Waals surface area contributed by atoms with E-state index in [4.69, 9.17) is 11.5 Å². The van der Waals surface area contributed by atoms with E-state index in [1.54, 1.807) is 0 Å². The van der Waals surface area contributed by atoms with Crippen LogP contribution >= 0.6 is 0 Å². The van der Waals surface area contributed by atoms with Crippen molar-refractivity contribution in [1.29, 1.82) is 0 Å². The van der Waals surface area contributed by atoms with E-state index in [0.717, 1.165) is 4.57 Å². The number of primary amides is 1. The first-order valence-electron chi connectivity index (χ1n) is 6.68. The number of hydrogen-bond acceptors (Lipinski definition) is 5. The third kappa shape index (κ3) is 2.07. The summed E-state index contributed by atoms with van der Waals surface area (Å²) in [4.78, 5) is 40.5. The first-order valence-corrected chi connectivity index (χ1v) is 6.68. The molecule has 0 spiro atoms. The zero-order chi connectivity index (χ0) is 17.0. The topological polar surface area (TPSA) is 126 Å². The van der Waals surface area contributed by atoms with Crippen LogP contribution in [0.5, 0.6) is 0 Å². The van der Waals surface area contributed by atoms with Gasteiger partial charge in [-0.25, -0.2) is 9.78 Å². The van der Waals surface area contributed by atoms with Crippen molar-refractivity contribution in [2.24, 2.45) is 19.8 Å². The Kier molecular flexibility index (Phi) is 3.35. The molecule has 8 heteroatoms. The maximum atomic E-state index is 12.6. The third-order valence-corrected chi connectivity index (χ3v) is 3.61. The quantitative estimate of drug-likeness (QED) is 0.742. The molecule has 0 saturated carbocycles. The van der Waals surface area contributed by atoms with E-state index in [-0.39, 0.29) is 22.4 Å². The van der Waals surface area contributed by atoms with Crippen molar-refractivity contribution in [2.45, 2.75) is 26.2 Å². The molecule has 0 aromatic carbocycles. The van der Waals surface area contributed by atoms with Gasteiger partial charge >= 0.3 is 5.69 Å². The van der Waals surface area contributed by atoms with Gasteiger partial charge in [0.2, 0.25) is 0 Å². The van der Waals surface area contributed by atoms with Gasteiger partial charge in [-0.3, -0.25) is 18.7 Å². The summed E-state index contributed by atoms with van der Waals surface area (Å²) in [6.07, 6.45) is 0. The number of aromatic nitrogens is 3. The van der Waals surface area contributed by atoms with Gasteiger partial charge in [0.15, 0.2) is 5.65 Å². The highest BCUT2D eigenvalue weighted by Gasteiger charge is 2.29. The Hall–Kier alpha value is -2.64. The van der Waals surface area contributed by atoms with Crippen molar-refractivity contribution in [3.8, 4) is 0 Å². The second kappa shape index (κ2) is 4.69. The van der Waals surface area contributed by atoms with Crippen LogP contribution in [0.15, 0.2) is 9.59 Å². The Morgan fingerprint density at radius 1 is 1.14 bits per heavy atom. The highest BCUT2D eigenvalue weighted by atomic mass is 16.2. The second-order valence-electron chi connectivity index (χ2n) is 6.27. The molecule has 1 amide bonds. The molecule has 0 aliphatic heterocycles. The molecule has 0 bridgehead atoms. The monoisotopic (exact) mass is 305 g/mol. The van der Waals surface area contributed by atoms with E-state index in [9.17, 15) is 14.4 Å². The minimum absolute atomic E-state index is 0.0238. The molecule has 4 N–H and O–H groups in total.